The van der Waals surface area contributed by atoms with Crippen LogP contribution in [-0.2, 0) is 0 Å². The van der Waals surface area contributed by atoms with Crippen LogP contribution < -0.4 is 21.7 Å². The number of hydrogen-bond donors (Lipinski definition) is 3. The third-order valence-corrected chi connectivity index (χ3v) is 5.20. The predicted molar refractivity (Wildman–Crippen MR) is 118 cm³/mol. The molecule has 0 amide bonds. The first-order valence-electron chi connectivity index (χ1n) is 9.81. The number of hydrogen-bond acceptors (Lipinski definition) is 7. The monoisotopic (exact) mass is 405 g/mol. The Morgan fingerprint density at radius 2 is 1.93 bits per heavy atom. The zero-order chi connectivity index (χ0) is 21.1. The molecule has 3 heterocycles. The summed E-state index contributed by atoms with van der Waals surface area (Å²) in [6, 6.07) is 8.60. The van der Waals surface area contributed by atoms with Gasteiger partial charge in [0.25, 0.3) is 0 Å². The average molecular weight is 405 g/mol. The van der Waals surface area contributed by atoms with Crippen LogP contribution in [0.1, 0.15) is 18.5 Å². The number of nitrogens with two attached hydrogens (primary N) is 2. The van der Waals surface area contributed by atoms with Crippen LogP contribution in [0.5, 0.6) is 0 Å². The molecule has 1 aliphatic heterocycles. The lowest BCUT2D eigenvalue weighted by molar-refractivity contribution is 0.501. The minimum atomic E-state index is -0.376. The van der Waals surface area contributed by atoms with Crippen molar-refractivity contribution in [3.8, 4) is 11.3 Å². The molecule has 1 aromatic carbocycles. The smallest absolute Gasteiger partial charge is 0.151 e. The summed E-state index contributed by atoms with van der Waals surface area (Å²) in [4.78, 5) is 15.2. The SMILES string of the molecule is C=C(Nc1cnccc1N1CCC(N)CC1)c1nc(-c2ccccc2F)cnc1N. The van der Waals surface area contributed by atoms with Crippen LogP contribution >= 0.6 is 0 Å². The summed E-state index contributed by atoms with van der Waals surface area (Å²) in [5.41, 5.74) is 15.4. The van der Waals surface area contributed by atoms with Crippen LogP contribution in [-0.4, -0.2) is 34.1 Å². The van der Waals surface area contributed by atoms with Gasteiger partial charge in [-0.25, -0.2) is 14.4 Å². The molecule has 1 fully saturated rings. The van der Waals surface area contributed by atoms with E-state index in [1.54, 1.807) is 30.6 Å². The topological polar surface area (TPSA) is 106 Å². The Balaban J connectivity index is 1.61. The number of benzene rings is 1. The van der Waals surface area contributed by atoms with Gasteiger partial charge in [-0.15, -0.1) is 0 Å². The van der Waals surface area contributed by atoms with E-state index < -0.39 is 0 Å². The maximum atomic E-state index is 14.2. The third-order valence-electron chi connectivity index (χ3n) is 5.20. The number of halogens is 1. The van der Waals surface area contributed by atoms with Gasteiger partial charge >= 0.3 is 0 Å². The molecule has 0 spiro atoms. The highest BCUT2D eigenvalue weighted by atomic mass is 19.1. The average Bonchev–Trinajstić information content (AvgIpc) is 2.76. The molecular weight excluding hydrogens is 381 g/mol. The highest BCUT2D eigenvalue weighted by Gasteiger charge is 2.20. The van der Waals surface area contributed by atoms with Gasteiger partial charge < -0.3 is 21.7 Å². The number of pyridine rings is 1. The molecule has 0 atom stereocenters. The van der Waals surface area contributed by atoms with Gasteiger partial charge in [0.1, 0.15) is 11.5 Å². The normalized spacial score (nSPS) is 14.5. The van der Waals surface area contributed by atoms with E-state index in [1.165, 1.54) is 12.3 Å². The van der Waals surface area contributed by atoms with Crippen molar-refractivity contribution in [1.29, 1.82) is 0 Å². The number of aromatic nitrogens is 3. The fraction of sp³-hybridized carbons (Fsp3) is 0.227. The molecule has 154 valence electrons. The number of nitrogens with one attached hydrogen (secondary N) is 1. The number of piperidine rings is 1. The Hall–Kier alpha value is -3.52. The Kier molecular flexibility index (Phi) is 5.58. The highest BCUT2D eigenvalue weighted by Crippen LogP contribution is 2.31. The first-order valence-corrected chi connectivity index (χ1v) is 9.81. The molecule has 7 nitrogen and oxygen atoms in total. The van der Waals surface area contributed by atoms with Crippen molar-refractivity contribution in [2.24, 2.45) is 5.73 Å². The molecule has 0 unspecified atom stereocenters. The molecule has 4 rings (SSSR count). The zero-order valence-electron chi connectivity index (χ0n) is 16.6. The maximum Gasteiger partial charge on any atom is 0.151 e. The Labute approximate surface area is 174 Å². The number of rotatable bonds is 5. The van der Waals surface area contributed by atoms with E-state index in [0.29, 0.717) is 22.6 Å². The Morgan fingerprint density at radius 1 is 1.17 bits per heavy atom. The number of nitrogens with zero attached hydrogens (tertiary/aromatic N) is 4. The van der Waals surface area contributed by atoms with Gasteiger partial charge in [-0.2, -0.15) is 0 Å². The molecule has 2 aromatic heterocycles. The summed E-state index contributed by atoms with van der Waals surface area (Å²) in [5.74, 6) is -0.166. The van der Waals surface area contributed by atoms with E-state index in [0.717, 1.165) is 37.3 Å². The van der Waals surface area contributed by atoms with Gasteiger partial charge in [0.05, 0.1) is 35.2 Å². The molecule has 0 radical (unpaired) electrons. The van der Waals surface area contributed by atoms with Gasteiger partial charge in [-0.1, -0.05) is 18.7 Å². The van der Waals surface area contributed by atoms with Crippen LogP contribution in [0, 0.1) is 5.82 Å². The highest BCUT2D eigenvalue weighted by molar-refractivity contribution is 5.84. The molecule has 1 aliphatic rings. The van der Waals surface area contributed by atoms with Crippen LogP contribution in [0.3, 0.4) is 0 Å². The molecule has 5 N–H and O–H groups in total. The minimum Gasteiger partial charge on any atom is -0.382 e. The van der Waals surface area contributed by atoms with Crippen molar-refractivity contribution in [3.63, 3.8) is 0 Å². The molecule has 0 bridgehead atoms. The second kappa shape index (κ2) is 8.46. The van der Waals surface area contributed by atoms with Crippen molar-refractivity contribution in [3.05, 3.63) is 67.0 Å². The van der Waals surface area contributed by atoms with E-state index in [9.17, 15) is 4.39 Å². The van der Waals surface area contributed by atoms with E-state index >= 15 is 0 Å². The van der Waals surface area contributed by atoms with Crippen LogP contribution in [0.25, 0.3) is 17.0 Å². The summed E-state index contributed by atoms with van der Waals surface area (Å²) < 4.78 is 14.2. The van der Waals surface area contributed by atoms with Gasteiger partial charge in [-0.05, 0) is 31.0 Å². The quantitative estimate of drug-likeness (QED) is 0.598. The van der Waals surface area contributed by atoms with Gasteiger partial charge in [-0.3, -0.25) is 4.98 Å². The lowest BCUT2D eigenvalue weighted by atomic mass is 10.1. The lowest BCUT2D eigenvalue weighted by Crippen LogP contribution is -2.39. The first-order chi connectivity index (χ1) is 14.5. The fourth-order valence-corrected chi connectivity index (χ4v) is 3.54. The Bertz CT molecular complexity index is 1060. The standard InChI is InChI=1S/C22H24FN7/c1-14(21-22(25)27-13-18(29-21)16-4-2-3-5-17(16)23)28-19-12-26-9-6-20(19)30-10-7-15(24)8-11-30/h2-6,9,12-13,15,28H,1,7-8,10-11,24H2,(H2,25,27). The second-order valence-electron chi connectivity index (χ2n) is 7.29. The predicted octanol–water partition coefficient (Wildman–Crippen LogP) is 3.27. The van der Waals surface area contributed by atoms with Crippen molar-refractivity contribution in [1.82, 2.24) is 15.0 Å². The van der Waals surface area contributed by atoms with E-state index in [2.05, 4.69) is 31.7 Å². The molecule has 0 saturated carbocycles. The van der Waals surface area contributed by atoms with E-state index in [4.69, 9.17) is 11.5 Å². The van der Waals surface area contributed by atoms with Crippen LogP contribution in [0.2, 0.25) is 0 Å². The molecular formula is C22H24FN7. The van der Waals surface area contributed by atoms with Crippen LogP contribution in [0.15, 0.2) is 55.5 Å². The number of nitrogen functional groups attached to an aromatic ring is 1. The van der Waals surface area contributed by atoms with Crippen molar-refractivity contribution in [2.45, 2.75) is 18.9 Å². The molecule has 1 saturated heterocycles. The molecule has 3 aromatic rings. The van der Waals surface area contributed by atoms with Crippen molar-refractivity contribution < 1.29 is 4.39 Å². The summed E-state index contributed by atoms with van der Waals surface area (Å²) in [6.07, 6.45) is 6.82. The van der Waals surface area contributed by atoms with Gasteiger partial charge in [0, 0.05) is 30.9 Å². The lowest BCUT2D eigenvalue weighted by Gasteiger charge is -2.33. The summed E-state index contributed by atoms with van der Waals surface area (Å²) in [6.45, 7) is 5.83. The van der Waals surface area contributed by atoms with E-state index in [-0.39, 0.29) is 17.7 Å². The van der Waals surface area contributed by atoms with Crippen LogP contribution in [0.4, 0.5) is 21.6 Å². The molecule has 8 heteroatoms. The fourth-order valence-electron chi connectivity index (χ4n) is 3.54. The second-order valence-corrected chi connectivity index (χ2v) is 7.29. The Morgan fingerprint density at radius 3 is 2.70 bits per heavy atom. The number of anilines is 3. The third kappa shape index (κ3) is 4.08. The summed E-state index contributed by atoms with van der Waals surface area (Å²) >= 11 is 0. The molecule has 0 aliphatic carbocycles. The first kappa shape index (κ1) is 19.8. The maximum absolute atomic E-state index is 14.2. The van der Waals surface area contributed by atoms with Crippen molar-refractivity contribution >= 4 is 22.9 Å². The zero-order valence-corrected chi connectivity index (χ0v) is 16.6. The van der Waals surface area contributed by atoms with Gasteiger partial charge in [0.2, 0.25) is 0 Å². The summed E-state index contributed by atoms with van der Waals surface area (Å²) in [7, 11) is 0. The van der Waals surface area contributed by atoms with Gasteiger partial charge in [0.15, 0.2) is 5.82 Å². The molecule has 30 heavy (non-hydrogen) atoms. The van der Waals surface area contributed by atoms with E-state index in [1.807, 2.05) is 6.07 Å². The minimum absolute atomic E-state index is 0.210. The summed E-state index contributed by atoms with van der Waals surface area (Å²) in [5, 5.41) is 3.26. The largest absolute Gasteiger partial charge is 0.382 e. The van der Waals surface area contributed by atoms with Crippen molar-refractivity contribution in [2.75, 3.05) is 29.0 Å².